The predicted octanol–water partition coefficient (Wildman–Crippen LogP) is 3.84. The molecule has 0 saturated heterocycles. The molecule has 0 aliphatic rings. The van der Waals surface area contributed by atoms with Gasteiger partial charge in [0.05, 0.1) is 10.8 Å². The van der Waals surface area contributed by atoms with Crippen molar-refractivity contribution in [3.8, 4) is 0 Å². The quantitative estimate of drug-likeness (QED) is 0.589. The number of hydrogen-bond donors (Lipinski definition) is 1. The Morgan fingerprint density at radius 1 is 1.43 bits per heavy atom. The molecule has 0 bridgehead atoms. The number of hydrogen-bond acceptors (Lipinski definition) is 4. The van der Waals surface area contributed by atoms with Crippen LogP contribution in [-0.4, -0.2) is 31.4 Å². The number of carboxylic acids is 1. The second kappa shape index (κ2) is 7.66. The number of imidazole rings is 1. The van der Waals surface area contributed by atoms with Crippen molar-refractivity contribution >= 4 is 40.5 Å². The van der Waals surface area contributed by atoms with Crippen LogP contribution in [0.25, 0.3) is 11.2 Å². The molecule has 0 saturated carbocycles. The number of carbonyl (C=O) groups is 1. The van der Waals surface area contributed by atoms with Gasteiger partial charge in [-0.15, -0.1) is 0 Å². The third-order valence-electron chi connectivity index (χ3n) is 3.08. The Hall–Kier alpha value is -1.27. The average molecular weight is 328 g/mol. The summed E-state index contributed by atoms with van der Waals surface area (Å²) in [5, 5.41) is 10.1. The van der Waals surface area contributed by atoms with Gasteiger partial charge in [-0.1, -0.05) is 49.5 Å². The topological polar surface area (TPSA) is 68.0 Å². The lowest BCUT2D eigenvalue weighted by Gasteiger charge is -2.07. The maximum absolute atomic E-state index is 10.8. The van der Waals surface area contributed by atoms with E-state index in [2.05, 4.69) is 16.9 Å². The van der Waals surface area contributed by atoms with Crippen LogP contribution in [0, 0.1) is 0 Å². The first-order valence-electron chi connectivity index (χ1n) is 6.98. The van der Waals surface area contributed by atoms with Gasteiger partial charge in [-0.05, 0) is 12.5 Å². The summed E-state index contributed by atoms with van der Waals surface area (Å²) in [6, 6.07) is 1.76. The Kier molecular flexibility index (Phi) is 5.87. The third-order valence-corrected chi connectivity index (χ3v) is 4.24. The number of aliphatic carboxylic acids is 1. The van der Waals surface area contributed by atoms with Crippen molar-refractivity contribution in [2.24, 2.45) is 0 Å². The Labute approximate surface area is 132 Å². The molecule has 0 aliphatic heterocycles. The van der Waals surface area contributed by atoms with E-state index < -0.39 is 5.97 Å². The molecule has 0 amide bonds. The molecule has 2 aromatic rings. The number of rotatable bonds is 8. The zero-order valence-electron chi connectivity index (χ0n) is 11.9. The van der Waals surface area contributed by atoms with E-state index in [0.29, 0.717) is 15.7 Å². The summed E-state index contributed by atoms with van der Waals surface area (Å²) < 4.78 is 1.99. The Morgan fingerprint density at radius 2 is 2.24 bits per heavy atom. The summed E-state index contributed by atoms with van der Waals surface area (Å²) in [6.07, 6.45) is 6.15. The van der Waals surface area contributed by atoms with Gasteiger partial charge in [0.1, 0.15) is 5.52 Å². The highest BCUT2D eigenvalue weighted by molar-refractivity contribution is 7.99. The minimum Gasteiger partial charge on any atom is -0.481 e. The van der Waals surface area contributed by atoms with Gasteiger partial charge in [0.15, 0.2) is 10.8 Å². The zero-order chi connectivity index (χ0) is 15.2. The largest absolute Gasteiger partial charge is 0.481 e. The fourth-order valence-electron chi connectivity index (χ4n) is 2.10. The summed E-state index contributed by atoms with van der Waals surface area (Å²) in [4.78, 5) is 19.6. The molecule has 0 spiro atoms. The first-order chi connectivity index (χ1) is 10.1. The molecule has 0 aromatic carbocycles. The van der Waals surface area contributed by atoms with Crippen LogP contribution in [0.2, 0.25) is 5.02 Å². The van der Waals surface area contributed by atoms with Gasteiger partial charge in [0.2, 0.25) is 0 Å². The van der Waals surface area contributed by atoms with E-state index in [0.717, 1.165) is 25.0 Å². The second-order valence-electron chi connectivity index (χ2n) is 4.79. The molecule has 114 valence electrons. The molecular formula is C14H18ClN3O2S. The predicted molar refractivity (Wildman–Crippen MR) is 85.0 cm³/mol. The van der Waals surface area contributed by atoms with Crippen LogP contribution in [0.5, 0.6) is 0 Å². The molecule has 7 heteroatoms. The van der Waals surface area contributed by atoms with Gasteiger partial charge in [0, 0.05) is 12.7 Å². The van der Waals surface area contributed by atoms with Gasteiger partial charge < -0.3 is 9.67 Å². The summed E-state index contributed by atoms with van der Waals surface area (Å²) in [6.45, 7) is 2.97. The maximum atomic E-state index is 10.8. The Balaban J connectivity index is 2.23. The number of nitrogens with zero attached hydrogens (tertiary/aromatic N) is 3. The SMILES string of the molecule is CCCCCCn1c(SCC(=O)O)nc2cc(Cl)cnc21. The van der Waals surface area contributed by atoms with Gasteiger partial charge in [-0.3, -0.25) is 4.79 Å². The zero-order valence-corrected chi connectivity index (χ0v) is 13.5. The Bertz CT molecular complexity index is 630. The van der Waals surface area contributed by atoms with Gasteiger partial charge in [-0.2, -0.15) is 0 Å². The number of thioether (sulfide) groups is 1. The molecule has 1 N–H and O–H groups in total. The van der Waals surface area contributed by atoms with E-state index in [-0.39, 0.29) is 5.75 Å². The number of aromatic nitrogens is 3. The smallest absolute Gasteiger partial charge is 0.313 e. The van der Waals surface area contributed by atoms with Crippen molar-refractivity contribution in [2.75, 3.05) is 5.75 Å². The van der Waals surface area contributed by atoms with Crippen molar-refractivity contribution in [1.82, 2.24) is 14.5 Å². The number of fused-ring (bicyclic) bond motifs is 1. The van der Waals surface area contributed by atoms with Crippen molar-refractivity contribution in [1.29, 1.82) is 0 Å². The minimum atomic E-state index is -0.851. The summed E-state index contributed by atoms with van der Waals surface area (Å²) in [7, 11) is 0. The van der Waals surface area contributed by atoms with Crippen LogP contribution < -0.4 is 0 Å². The van der Waals surface area contributed by atoms with Crippen LogP contribution in [0.1, 0.15) is 32.6 Å². The van der Waals surface area contributed by atoms with Crippen LogP contribution in [0.3, 0.4) is 0 Å². The van der Waals surface area contributed by atoms with E-state index in [4.69, 9.17) is 16.7 Å². The summed E-state index contributed by atoms with van der Waals surface area (Å²) in [5.74, 6) is -0.859. The Morgan fingerprint density at radius 3 is 2.95 bits per heavy atom. The first kappa shape index (κ1) is 16.1. The molecule has 2 aromatic heterocycles. The molecule has 0 fully saturated rings. The number of unbranched alkanes of at least 4 members (excludes halogenated alkanes) is 3. The molecule has 2 heterocycles. The fraction of sp³-hybridized carbons (Fsp3) is 0.500. The monoisotopic (exact) mass is 327 g/mol. The molecule has 0 radical (unpaired) electrons. The summed E-state index contributed by atoms with van der Waals surface area (Å²) >= 11 is 7.16. The van der Waals surface area contributed by atoms with E-state index in [9.17, 15) is 4.79 Å². The van der Waals surface area contributed by atoms with E-state index in [1.807, 2.05) is 4.57 Å². The highest BCUT2D eigenvalue weighted by Crippen LogP contribution is 2.25. The highest BCUT2D eigenvalue weighted by Gasteiger charge is 2.14. The second-order valence-corrected chi connectivity index (χ2v) is 6.16. The van der Waals surface area contributed by atoms with Crippen molar-refractivity contribution in [3.63, 3.8) is 0 Å². The van der Waals surface area contributed by atoms with Crippen molar-refractivity contribution < 1.29 is 9.90 Å². The van der Waals surface area contributed by atoms with Gasteiger partial charge in [0.25, 0.3) is 0 Å². The molecule has 21 heavy (non-hydrogen) atoms. The van der Waals surface area contributed by atoms with Crippen molar-refractivity contribution in [2.45, 2.75) is 44.3 Å². The van der Waals surface area contributed by atoms with Gasteiger partial charge >= 0.3 is 5.97 Å². The maximum Gasteiger partial charge on any atom is 0.313 e. The van der Waals surface area contributed by atoms with Crippen molar-refractivity contribution in [3.05, 3.63) is 17.3 Å². The van der Waals surface area contributed by atoms with E-state index in [1.165, 1.54) is 24.6 Å². The normalized spacial score (nSPS) is 11.1. The lowest BCUT2D eigenvalue weighted by atomic mass is 10.2. The standard InChI is InChI=1S/C14H18ClN3O2S/c1-2-3-4-5-6-18-13-11(7-10(15)8-16-13)17-14(18)21-9-12(19)20/h7-8H,2-6,9H2,1H3,(H,19,20). The lowest BCUT2D eigenvalue weighted by molar-refractivity contribution is -0.133. The van der Waals surface area contributed by atoms with E-state index in [1.54, 1.807) is 12.3 Å². The molecule has 0 aliphatic carbocycles. The fourth-order valence-corrected chi connectivity index (χ4v) is 3.00. The number of pyridine rings is 1. The number of carboxylic acid groups (broad SMARTS) is 1. The van der Waals surface area contributed by atoms with Crippen LogP contribution >= 0.6 is 23.4 Å². The minimum absolute atomic E-state index is 0.00792. The lowest BCUT2D eigenvalue weighted by Crippen LogP contribution is -2.04. The molecule has 5 nitrogen and oxygen atoms in total. The number of aryl methyl sites for hydroxylation is 1. The molecule has 2 rings (SSSR count). The number of halogens is 1. The first-order valence-corrected chi connectivity index (χ1v) is 8.34. The van der Waals surface area contributed by atoms with Crippen LogP contribution in [0.15, 0.2) is 17.4 Å². The molecular weight excluding hydrogens is 310 g/mol. The average Bonchev–Trinajstić information content (AvgIpc) is 2.78. The summed E-state index contributed by atoms with van der Waals surface area (Å²) in [5.41, 5.74) is 1.48. The molecule has 0 atom stereocenters. The molecule has 0 unspecified atom stereocenters. The van der Waals surface area contributed by atoms with Gasteiger partial charge in [-0.25, -0.2) is 9.97 Å². The van der Waals surface area contributed by atoms with Crippen LogP contribution in [0.4, 0.5) is 0 Å². The highest BCUT2D eigenvalue weighted by atomic mass is 35.5. The van der Waals surface area contributed by atoms with Crippen LogP contribution in [-0.2, 0) is 11.3 Å². The van der Waals surface area contributed by atoms with E-state index >= 15 is 0 Å². The third kappa shape index (κ3) is 4.35.